The van der Waals surface area contributed by atoms with Crippen LogP contribution in [0.25, 0.3) is 17.1 Å². The number of halogens is 1. The lowest BCUT2D eigenvalue weighted by atomic mass is 10.1. The molecule has 2 aliphatic heterocycles. The van der Waals surface area contributed by atoms with Gasteiger partial charge in [-0.05, 0) is 12.1 Å². The van der Waals surface area contributed by atoms with E-state index in [9.17, 15) is 0 Å². The molecule has 0 saturated carbocycles. The number of hydrogen-bond acceptors (Lipinski definition) is 6. The van der Waals surface area contributed by atoms with Crippen molar-refractivity contribution in [1.29, 1.82) is 0 Å². The van der Waals surface area contributed by atoms with Crippen LogP contribution in [0.5, 0.6) is 0 Å². The SMILES string of the molecule is COCc1nnc2n1Cc1c(C3=NCCO3)ncn1-c1c(Cl)cccc1-2. The van der Waals surface area contributed by atoms with E-state index < -0.39 is 0 Å². The predicted molar refractivity (Wildman–Crippen MR) is 94.8 cm³/mol. The van der Waals surface area contributed by atoms with Gasteiger partial charge in [0.2, 0.25) is 5.90 Å². The molecule has 9 heteroatoms. The van der Waals surface area contributed by atoms with E-state index in [-0.39, 0.29) is 0 Å². The molecule has 0 atom stereocenters. The Morgan fingerprint density at radius 1 is 1.31 bits per heavy atom. The van der Waals surface area contributed by atoms with Crippen molar-refractivity contribution in [3.8, 4) is 17.1 Å². The lowest BCUT2D eigenvalue weighted by Gasteiger charge is -2.10. The van der Waals surface area contributed by atoms with Gasteiger partial charge in [0.1, 0.15) is 25.2 Å². The minimum absolute atomic E-state index is 0.365. The molecule has 132 valence electrons. The number of methoxy groups -OCH3 is 1. The van der Waals surface area contributed by atoms with Crippen molar-refractivity contribution in [2.75, 3.05) is 20.3 Å². The number of imidazole rings is 1. The summed E-state index contributed by atoms with van der Waals surface area (Å²) in [4.78, 5) is 8.98. The first-order valence-corrected chi connectivity index (χ1v) is 8.60. The van der Waals surface area contributed by atoms with Crippen LogP contribution in [0.3, 0.4) is 0 Å². The third-order valence-corrected chi connectivity index (χ3v) is 4.84. The normalized spacial score (nSPS) is 14.9. The number of ether oxygens (including phenoxy) is 2. The Bertz CT molecular complexity index is 1040. The second-order valence-corrected chi connectivity index (χ2v) is 6.45. The summed E-state index contributed by atoms with van der Waals surface area (Å²) in [6.45, 7) is 2.10. The lowest BCUT2D eigenvalue weighted by Crippen LogP contribution is -2.13. The highest BCUT2D eigenvalue weighted by molar-refractivity contribution is 6.33. The van der Waals surface area contributed by atoms with Crippen molar-refractivity contribution in [3.05, 3.63) is 46.8 Å². The molecule has 26 heavy (non-hydrogen) atoms. The van der Waals surface area contributed by atoms with Gasteiger partial charge in [-0.15, -0.1) is 10.2 Å². The van der Waals surface area contributed by atoms with Crippen LogP contribution in [0.2, 0.25) is 5.02 Å². The first-order valence-electron chi connectivity index (χ1n) is 8.22. The van der Waals surface area contributed by atoms with Crippen LogP contribution < -0.4 is 0 Å². The van der Waals surface area contributed by atoms with Crippen molar-refractivity contribution in [3.63, 3.8) is 0 Å². The second-order valence-electron chi connectivity index (χ2n) is 6.04. The van der Waals surface area contributed by atoms with Crippen LogP contribution in [0, 0.1) is 0 Å². The van der Waals surface area contributed by atoms with Crippen molar-refractivity contribution in [2.24, 2.45) is 4.99 Å². The fraction of sp³-hybridized carbons (Fsp3) is 0.294. The number of para-hydroxylation sites is 1. The minimum atomic E-state index is 0.365. The molecular formula is C17H15ClN6O2. The highest BCUT2D eigenvalue weighted by atomic mass is 35.5. The maximum atomic E-state index is 6.55. The second kappa shape index (κ2) is 5.93. The van der Waals surface area contributed by atoms with E-state index in [2.05, 4.69) is 20.2 Å². The fourth-order valence-electron chi connectivity index (χ4n) is 3.40. The molecule has 0 unspecified atom stereocenters. The smallest absolute Gasteiger partial charge is 0.237 e. The van der Waals surface area contributed by atoms with Gasteiger partial charge in [-0.3, -0.25) is 4.57 Å². The summed E-state index contributed by atoms with van der Waals surface area (Å²) in [7, 11) is 1.64. The van der Waals surface area contributed by atoms with E-state index in [1.807, 2.05) is 27.3 Å². The molecule has 0 amide bonds. The topological polar surface area (TPSA) is 79.3 Å². The monoisotopic (exact) mass is 370 g/mol. The van der Waals surface area contributed by atoms with E-state index >= 15 is 0 Å². The van der Waals surface area contributed by atoms with Crippen molar-refractivity contribution in [1.82, 2.24) is 24.3 Å². The Kier molecular flexibility index (Phi) is 3.54. The fourth-order valence-corrected chi connectivity index (χ4v) is 3.67. The Balaban J connectivity index is 1.80. The lowest BCUT2D eigenvalue weighted by molar-refractivity contribution is 0.174. The number of benzene rings is 1. The molecule has 0 bridgehead atoms. The predicted octanol–water partition coefficient (Wildman–Crippen LogP) is 2.07. The molecule has 3 aromatic rings. The van der Waals surface area contributed by atoms with Gasteiger partial charge in [-0.2, -0.15) is 0 Å². The van der Waals surface area contributed by atoms with E-state index in [0.29, 0.717) is 37.2 Å². The average molecular weight is 371 g/mol. The highest BCUT2D eigenvalue weighted by Gasteiger charge is 2.29. The van der Waals surface area contributed by atoms with Crippen molar-refractivity contribution < 1.29 is 9.47 Å². The molecule has 4 heterocycles. The van der Waals surface area contributed by atoms with Crippen LogP contribution in [0.4, 0.5) is 0 Å². The maximum absolute atomic E-state index is 6.55. The quantitative estimate of drug-likeness (QED) is 0.551. The van der Waals surface area contributed by atoms with Gasteiger partial charge in [-0.25, -0.2) is 9.98 Å². The Hall–Kier alpha value is -2.71. The molecule has 0 aliphatic carbocycles. The van der Waals surface area contributed by atoms with Gasteiger partial charge < -0.3 is 14.0 Å². The maximum Gasteiger partial charge on any atom is 0.237 e. The van der Waals surface area contributed by atoms with Gasteiger partial charge in [-0.1, -0.05) is 17.7 Å². The van der Waals surface area contributed by atoms with Crippen LogP contribution in [-0.2, 0) is 22.6 Å². The third-order valence-electron chi connectivity index (χ3n) is 4.53. The Morgan fingerprint density at radius 3 is 3.04 bits per heavy atom. The number of fused-ring (bicyclic) bond motifs is 5. The van der Waals surface area contributed by atoms with E-state index in [4.69, 9.17) is 21.1 Å². The van der Waals surface area contributed by atoms with Gasteiger partial charge in [0.25, 0.3) is 0 Å². The first-order chi connectivity index (χ1) is 12.8. The van der Waals surface area contributed by atoms with Crippen LogP contribution in [-0.4, -0.2) is 50.5 Å². The molecule has 0 spiro atoms. The molecule has 0 fully saturated rings. The first kappa shape index (κ1) is 15.5. The van der Waals surface area contributed by atoms with Crippen LogP contribution >= 0.6 is 11.6 Å². The molecule has 5 rings (SSSR count). The average Bonchev–Trinajstić information content (AvgIpc) is 3.35. The van der Waals surface area contributed by atoms with Gasteiger partial charge >= 0.3 is 0 Å². The summed E-state index contributed by atoms with van der Waals surface area (Å²) < 4.78 is 14.9. The molecule has 0 N–H and O–H groups in total. The molecule has 2 aromatic heterocycles. The molecule has 8 nitrogen and oxygen atoms in total. The van der Waals surface area contributed by atoms with E-state index in [1.165, 1.54) is 0 Å². The van der Waals surface area contributed by atoms with Crippen LogP contribution in [0.1, 0.15) is 17.2 Å². The molecular weight excluding hydrogens is 356 g/mol. The number of nitrogens with zero attached hydrogens (tertiary/aromatic N) is 6. The number of hydrogen-bond donors (Lipinski definition) is 0. The zero-order valence-corrected chi connectivity index (χ0v) is 14.8. The summed E-state index contributed by atoms with van der Waals surface area (Å²) in [5.41, 5.74) is 3.37. The molecule has 0 radical (unpaired) electrons. The largest absolute Gasteiger partial charge is 0.474 e. The standard InChI is InChI=1S/C17H15ClN6O2/c1-25-8-13-21-22-16-10-3-2-4-11(18)15(10)24-9-20-14(12(24)7-23(13)16)17-19-5-6-26-17/h2-4,9H,5-8H2,1H3. The minimum Gasteiger partial charge on any atom is -0.474 e. The third kappa shape index (κ3) is 2.19. The molecule has 0 saturated heterocycles. The van der Waals surface area contributed by atoms with Crippen molar-refractivity contribution >= 4 is 17.5 Å². The summed E-state index contributed by atoms with van der Waals surface area (Å²) in [5, 5.41) is 9.30. The van der Waals surface area contributed by atoms with E-state index in [0.717, 1.165) is 34.3 Å². The van der Waals surface area contributed by atoms with E-state index in [1.54, 1.807) is 13.4 Å². The van der Waals surface area contributed by atoms with Gasteiger partial charge in [0.05, 0.1) is 29.5 Å². The van der Waals surface area contributed by atoms with Gasteiger partial charge in [0, 0.05) is 12.7 Å². The summed E-state index contributed by atoms with van der Waals surface area (Å²) >= 11 is 6.55. The highest BCUT2D eigenvalue weighted by Crippen LogP contribution is 2.36. The summed E-state index contributed by atoms with van der Waals surface area (Å²) in [6.07, 6.45) is 1.76. The summed E-state index contributed by atoms with van der Waals surface area (Å²) in [6, 6.07) is 5.75. The number of aromatic nitrogens is 5. The molecule has 1 aromatic carbocycles. The summed E-state index contributed by atoms with van der Waals surface area (Å²) in [5.74, 6) is 2.05. The van der Waals surface area contributed by atoms with Crippen molar-refractivity contribution in [2.45, 2.75) is 13.2 Å². The zero-order chi connectivity index (χ0) is 17.7. The Morgan fingerprint density at radius 2 is 2.23 bits per heavy atom. The zero-order valence-electron chi connectivity index (χ0n) is 14.0. The van der Waals surface area contributed by atoms with Gasteiger partial charge in [0.15, 0.2) is 11.6 Å². The molecule has 2 aliphatic rings. The Labute approximate surface area is 154 Å². The number of aliphatic imine (C=N–C) groups is 1. The van der Waals surface area contributed by atoms with Crippen LogP contribution in [0.15, 0.2) is 29.5 Å². The number of rotatable bonds is 3.